The third-order valence-corrected chi connectivity index (χ3v) is 10.7. The molecule has 2 aromatic carbocycles. The molecule has 0 aliphatic carbocycles. The van der Waals surface area contributed by atoms with Crippen LogP contribution in [0.1, 0.15) is 122 Å². The summed E-state index contributed by atoms with van der Waals surface area (Å²) in [4.78, 5) is 24.3. The van der Waals surface area contributed by atoms with Gasteiger partial charge in [0, 0.05) is 43.7 Å². The second-order valence-corrected chi connectivity index (χ2v) is 16.5. The third-order valence-electron chi connectivity index (χ3n) is 9.94. The summed E-state index contributed by atoms with van der Waals surface area (Å²) in [5.41, 5.74) is 5.34. The van der Waals surface area contributed by atoms with Crippen molar-refractivity contribution in [1.29, 1.82) is 0 Å². The Bertz CT molecular complexity index is 1880. The van der Waals surface area contributed by atoms with Crippen LogP contribution in [0.15, 0.2) is 40.4 Å². The number of anilines is 1. The minimum Gasteiger partial charge on any atom is -0.494 e. The number of hydrogen-bond acceptors (Lipinski definition) is 10. The molecule has 0 spiro atoms. The number of fused-ring (bicyclic) bond motifs is 2. The summed E-state index contributed by atoms with van der Waals surface area (Å²) in [5.74, 6) is 2.28. The fourth-order valence-electron chi connectivity index (χ4n) is 6.71. The Labute approximate surface area is 316 Å². The number of methoxy groups -OCH3 is 1. The average Bonchev–Trinajstić information content (AvgIpc) is 3.60. The van der Waals surface area contributed by atoms with Gasteiger partial charge in [-0.1, -0.05) is 53.0 Å². The van der Waals surface area contributed by atoms with Crippen molar-refractivity contribution in [2.75, 3.05) is 32.2 Å². The summed E-state index contributed by atoms with van der Waals surface area (Å²) in [6.07, 6.45) is 5.89. The van der Waals surface area contributed by atoms with E-state index in [1.165, 1.54) is 10.4 Å². The summed E-state index contributed by atoms with van der Waals surface area (Å²) in [5, 5.41) is 17.9. The molecule has 53 heavy (non-hydrogen) atoms. The Morgan fingerprint density at radius 3 is 2.55 bits per heavy atom. The zero-order chi connectivity index (χ0) is 38.5. The van der Waals surface area contributed by atoms with E-state index in [1.54, 1.807) is 7.11 Å². The quantitative estimate of drug-likeness (QED) is 0.136. The van der Waals surface area contributed by atoms with Crippen LogP contribution in [0.25, 0.3) is 0 Å². The summed E-state index contributed by atoms with van der Waals surface area (Å²) in [6, 6.07) is 9.92. The van der Waals surface area contributed by atoms with Crippen molar-refractivity contribution in [1.82, 2.24) is 19.6 Å². The molecule has 14 heteroatoms. The van der Waals surface area contributed by atoms with E-state index in [1.807, 2.05) is 25.1 Å². The molecular weight excluding hydrogens is 695 g/mol. The van der Waals surface area contributed by atoms with Gasteiger partial charge in [0.1, 0.15) is 17.1 Å². The molecule has 0 saturated heterocycles. The Balaban J connectivity index is 1.21. The van der Waals surface area contributed by atoms with Gasteiger partial charge >= 0.3 is 5.97 Å². The Morgan fingerprint density at radius 1 is 1.09 bits per heavy atom. The number of carboxylic acid groups (broad SMARTS) is 1. The molecule has 2 aliphatic rings. The highest BCUT2D eigenvalue weighted by atomic mass is 32.2. The van der Waals surface area contributed by atoms with E-state index in [2.05, 4.69) is 80.5 Å². The first-order valence-corrected chi connectivity index (χ1v) is 19.5. The van der Waals surface area contributed by atoms with Crippen molar-refractivity contribution < 1.29 is 27.8 Å². The lowest BCUT2D eigenvalue weighted by Crippen LogP contribution is -2.45. The predicted molar refractivity (Wildman–Crippen MR) is 210 cm³/mol. The van der Waals surface area contributed by atoms with E-state index in [0.717, 1.165) is 49.0 Å². The Hall–Kier alpha value is -4.30. The van der Waals surface area contributed by atoms with Crippen LogP contribution in [-0.2, 0) is 27.9 Å². The zero-order valence-corrected chi connectivity index (χ0v) is 33.4. The number of nitrogens with one attached hydrogen (secondary N) is 1. The molecule has 2 aliphatic heterocycles. The fourth-order valence-corrected chi connectivity index (χ4v) is 7.33. The molecule has 1 aromatic heterocycles. The monoisotopic (exact) mass is 749 g/mol. The number of carbonyl (C=O) groups is 1. The number of carboxylic acids is 1. The van der Waals surface area contributed by atoms with Crippen LogP contribution in [0.5, 0.6) is 17.2 Å². The maximum absolute atomic E-state index is 13.1. The summed E-state index contributed by atoms with van der Waals surface area (Å²) in [7, 11) is 3.79. The van der Waals surface area contributed by atoms with E-state index in [0.29, 0.717) is 72.2 Å². The molecule has 2 N–H and O–H groups in total. The number of ether oxygens (including phenoxy) is 2. The summed E-state index contributed by atoms with van der Waals surface area (Å²) >= 11 is -1.86. The lowest BCUT2D eigenvalue weighted by Gasteiger charge is -2.45. The Kier molecular flexibility index (Phi) is 12.6. The van der Waals surface area contributed by atoms with E-state index >= 15 is 0 Å². The van der Waals surface area contributed by atoms with Gasteiger partial charge in [0.15, 0.2) is 17.3 Å². The van der Waals surface area contributed by atoms with Gasteiger partial charge < -0.3 is 23.7 Å². The van der Waals surface area contributed by atoms with E-state index in [4.69, 9.17) is 28.7 Å². The molecule has 5 rings (SSSR count). The first-order chi connectivity index (χ1) is 25.1. The average molecular weight is 750 g/mol. The molecule has 0 saturated carbocycles. The van der Waals surface area contributed by atoms with Gasteiger partial charge in [0.25, 0.3) is 11.3 Å². The molecule has 2 unspecified atom stereocenters. The fraction of sp³-hybridized carbons (Fsp3) is 0.564. The molecule has 13 nitrogen and oxygen atoms in total. The van der Waals surface area contributed by atoms with Crippen LogP contribution in [0, 0.1) is 0 Å². The Morgan fingerprint density at radius 2 is 1.83 bits per heavy atom. The number of benzene rings is 2. The molecule has 0 radical (unpaired) electrons. The minimum atomic E-state index is -1.86. The van der Waals surface area contributed by atoms with E-state index in [9.17, 15) is 9.00 Å². The molecule has 0 bridgehead atoms. The zero-order valence-electron chi connectivity index (χ0n) is 32.6. The van der Waals surface area contributed by atoms with Crippen LogP contribution < -0.4 is 23.3 Å². The molecule has 3 heterocycles. The summed E-state index contributed by atoms with van der Waals surface area (Å²) < 4.78 is 33.8. The molecule has 0 fully saturated rings. The second-order valence-electron chi connectivity index (χ2n) is 15.6. The lowest BCUT2D eigenvalue weighted by atomic mass is 9.80. The lowest BCUT2D eigenvalue weighted by molar-refractivity contribution is -0.137. The molecule has 0 amide bonds. The molecular formula is C39H55N7O6S. The molecule has 288 valence electrons. The largest absolute Gasteiger partial charge is 0.494 e. The SMILES string of the molecule is COc1cc2c(cc1N=C1C(C)=Nn3nc(CCNS(=O)Oc4cc(C(C)(C)C)ccc4OCCCCCCCC(=O)O)nc31)C(C)CC(C)(C)N2C. The normalized spacial score (nSPS) is 17.7. The van der Waals surface area contributed by atoms with Gasteiger partial charge in [-0.25, -0.2) is 14.7 Å². The van der Waals surface area contributed by atoms with Crippen molar-refractivity contribution in [2.45, 2.75) is 117 Å². The van der Waals surface area contributed by atoms with E-state index < -0.39 is 17.2 Å². The van der Waals surface area contributed by atoms with Crippen LogP contribution >= 0.6 is 0 Å². The highest BCUT2D eigenvalue weighted by Gasteiger charge is 2.35. The number of aliphatic imine (C=N–C) groups is 1. The molecule has 2 atom stereocenters. The maximum atomic E-state index is 13.1. The van der Waals surface area contributed by atoms with Crippen LogP contribution in [0.2, 0.25) is 0 Å². The van der Waals surface area contributed by atoms with Gasteiger partial charge in [-0.05, 0) is 80.7 Å². The van der Waals surface area contributed by atoms with Gasteiger partial charge in [0.2, 0.25) is 5.82 Å². The first kappa shape index (κ1) is 39.9. The second kappa shape index (κ2) is 16.8. The minimum absolute atomic E-state index is 0.0303. The van der Waals surface area contributed by atoms with E-state index in [-0.39, 0.29) is 17.4 Å². The van der Waals surface area contributed by atoms with Crippen LogP contribution in [0.4, 0.5) is 11.4 Å². The third kappa shape index (κ3) is 9.82. The van der Waals surface area contributed by atoms with Gasteiger partial charge in [0.05, 0.1) is 19.4 Å². The number of aromatic nitrogens is 3. The highest BCUT2D eigenvalue weighted by Crippen LogP contribution is 2.47. The summed E-state index contributed by atoms with van der Waals surface area (Å²) in [6.45, 7) is 15.7. The number of rotatable bonds is 17. The number of nitrogens with zero attached hydrogens (tertiary/aromatic N) is 6. The van der Waals surface area contributed by atoms with Crippen molar-refractivity contribution in [3.05, 3.63) is 53.1 Å². The highest BCUT2D eigenvalue weighted by molar-refractivity contribution is 7.78. The predicted octanol–water partition coefficient (Wildman–Crippen LogP) is 7.26. The number of unbranched alkanes of at least 4 members (excludes halogenated alkanes) is 4. The number of hydrogen-bond donors (Lipinski definition) is 2. The van der Waals surface area contributed by atoms with Gasteiger partial charge in [-0.3, -0.25) is 4.79 Å². The van der Waals surface area contributed by atoms with Crippen molar-refractivity contribution in [3.8, 4) is 17.2 Å². The van der Waals surface area contributed by atoms with Crippen LogP contribution in [0.3, 0.4) is 0 Å². The standard InChI is InChI=1S/C39H55N7O6S/c1-25-24-39(6,7)45(8)30-23-32(50-9)29(22-28(25)30)41-36-26(2)43-46-37(36)42-34(44-46)18-19-40-53(49)52-33-21-27(38(3,4)5)16-17-31(33)51-20-14-12-10-11-13-15-35(47)48/h16-17,21-23,25,40H,10-15,18-20,24H2,1-9H3,(H,47,48). The number of aliphatic carboxylic acids is 1. The van der Waals surface area contributed by atoms with Crippen LogP contribution in [-0.4, -0.2) is 74.4 Å². The van der Waals surface area contributed by atoms with Crippen molar-refractivity contribution >= 4 is 40.0 Å². The smallest absolute Gasteiger partial charge is 0.303 e. The maximum Gasteiger partial charge on any atom is 0.303 e. The van der Waals surface area contributed by atoms with Crippen molar-refractivity contribution in [3.63, 3.8) is 0 Å². The van der Waals surface area contributed by atoms with Gasteiger partial charge in [-0.15, -0.1) is 9.89 Å². The first-order valence-electron chi connectivity index (χ1n) is 18.5. The molecule has 3 aromatic rings. The van der Waals surface area contributed by atoms with Crippen molar-refractivity contribution in [2.24, 2.45) is 10.1 Å². The van der Waals surface area contributed by atoms with Gasteiger partial charge in [-0.2, -0.15) is 9.31 Å². The topological polar surface area (TPSA) is 153 Å².